The Morgan fingerprint density at radius 2 is 1.67 bits per heavy atom. The Balaban J connectivity index is 1.19. The maximum Gasteiger partial charge on any atom is 0.303 e. The van der Waals surface area contributed by atoms with E-state index < -0.39 is 18.4 Å². The Labute approximate surface area is 288 Å². The number of nitrogens with one attached hydrogen (secondary N) is 1. The van der Waals surface area contributed by atoms with Crippen LogP contribution in [0.25, 0.3) is 16.8 Å². The van der Waals surface area contributed by atoms with Crippen molar-refractivity contribution in [2.24, 2.45) is 0 Å². The largest absolute Gasteiger partial charge is 0.453 e. The first-order valence-corrected chi connectivity index (χ1v) is 17.0. The van der Waals surface area contributed by atoms with Gasteiger partial charge >= 0.3 is 5.97 Å². The molecule has 0 bridgehead atoms. The van der Waals surface area contributed by atoms with E-state index in [4.69, 9.17) is 14.2 Å². The second-order valence-corrected chi connectivity index (χ2v) is 12.6. The van der Waals surface area contributed by atoms with Gasteiger partial charge in [0, 0.05) is 31.2 Å². The van der Waals surface area contributed by atoms with Gasteiger partial charge in [-0.1, -0.05) is 103 Å². The lowest BCUT2D eigenvalue weighted by Gasteiger charge is -2.36. The zero-order valence-electron chi connectivity index (χ0n) is 27.1. The van der Waals surface area contributed by atoms with E-state index in [-0.39, 0.29) is 31.3 Å². The highest BCUT2D eigenvalue weighted by molar-refractivity contribution is 7.99. The number of thioether (sulfide) groups is 1. The first-order chi connectivity index (χ1) is 23.9. The number of para-hydroxylation sites is 1. The highest BCUT2D eigenvalue weighted by Gasteiger charge is 2.33. The number of ether oxygens (including phenoxy) is 3. The molecule has 2 N–H and O–H groups in total. The van der Waals surface area contributed by atoms with Crippen LogP contribution in [0.4, 0.5) is 0 Å². The second-order valence-electron chi connectivity index (χ2n) is 11.6. The zero-order valence-corrected chi connectivity index (χ0v) is 28.0. The number of hydrogen-bond donors (Lipinski definition) is 2. The van der Waals surface area contributed by atoms with Crippen LogP contribution in [0, 0.1) is 0 Å². The van der Waals surface area contributed by atoms with Crippen molar-refractivity contribution in [2.75, 3.05) is 5.75 Å². The van der Waals surface area contributed by atoms with Crippen LogP contribution in [0.1, 0.15) is 54.9 Å². The minimum Gasteiger partial charge on any atom is -0.453 e. The van der Waals surface area contributed by atoms with Crippen molar-refractivity contribution >= 4 is 23.6 Å². The lowest BCUT2D eigenvalue weighted by atomic mass is 9.97. The number of benzene rings is 4. The molecule has 0 aliphatic carbocycles. The predicted octanol–water partition coefficient (Wildman–Crippen LogP) is 5.73. The Kier molecular flexibility index (Phi) is 11.1. The number of tetrazole rings is 1. The molecule has 0 radical (unpaired) electrons. The summed E-state index contributed by atoms with van der Waals surface area (Å²) in [5, 5.41) is 25.4. The first kappa shape index (κ1) is 34.0. The number of amides is 1. The molecular formula is C37H37N5O6S. The fourth-order valence-electron chi connectivity index (χ4n) is 5.59. The second kappa shape index (κ2) is 16.0. The molecule has 1 aliphatic rings. The molecule has 4 atom stereocenters. The van der Waals surface area contributed by atoms with E-state index in [1.54, 1.807) is 11.6 Å². The monoisotopic (exact) mass is 679 g/mol. The van der Waals surface area contributed by atoms with Crippen LogP contribution in [0.2, 0.25) is 0 Å². The van der Waals surface area contributed by atoms with Gasteiger partial charge < -0.3 is 24.6 Å². The van der Waals surface area contributed by atoms with Gasteiger partial charge in [0.15, 0.2) is 12.4 Å². The predicted molar refractivity (Wildman–Crippen MR) is 183 cm³/mol. The number of aliphatic hydroxyl groups excluding tert-OH is 1. The SMILES string of the molecule is CC(=O)OC(C)C(=O)NCc1ccccc1-c1ccc(C2OC(CSc3nnnn3-c3ccccc3)CC(c3ccc(CO)cc3)O2)cc1. The van der Waals surface area contributed by atoms with Crippen molar-refractivity contribution in [2.45, 2.75) is 63.2 Å². The zero-order chi connectivity index (χ0) is 34.2. The van der Waals surface area contributed by atoms with Gasteiger partial charge in [-0.15, -0.1) is 5.10 Å². The van der Waals surface area contributed by atoms with Gasteiger partial charge in [0.1, 0.15) is 0 Å². The van der Waals surface area contributed by atoms with Crippen molar-refractivity contribution in [3.05, 3.63) is 125 Å². The van der Waals surface area contributed by atoms with E-state index in [0.717, 1.165) is 39.1 Å². The average Bonchev–Trinajstić information content (AvgIpc) is 3.62. The molecule has 12 heteroatoms. The molecule has 49 heavy (non-hydrogen) atoms. The minimum atomic E-state index is -0.878. The number of rotatable bonds is 12. The van der Waals surface area contributed by atoms with E-state index in [2.05, 4.69) is 20.8 Å². The number of esters is 1. The Morgan fingerprint density at radius 3 is 2.41 bits per heavy atom. The molecule has 1 saturated heterocycles. The summed E-state index contributed by atoms with van der Waals surface area (Å²) in [6.45, 7) is 3.07. The highest BCUT2D eigenvalue weighted by Crippen LogP contribution is 2.40. The lowest BCUT2D eigenvalue weighted by molar-refractivity contribution is -0.245. The average molecular weight is 680 g/mol. The number of nitrogens with zero attached hydrogens (tertiary/aromatic N) is 4. The van der Waals surface area contributed by atoms with E-state index in [9.17, 15) is 14.7 Å². The molecule has 6 rings (SSSR count). The fourth-order valence-corrected chi connectivity index (χ4v) is 6.50. The van der Waals surface area contributed by atoms with Crippen molar-refractivity contribution < 1.29 is 28.9 Å². The van der Waals surface area contributed by atoms with E-state index >= 15 is 0 Å². The lowest BCUT2D eigenvalue weighted by Crippen LogP contribution is -2.35. The number of hydrogen-bond acceptors (Lipinski definition) is 10. The van der Waals surface area contributed by atoms with Crippen molar-refractivity contribution in [3.8, 4) is 16.8 Å². The molecule has 4 aromatic carbocycles. The van der Waals surface area contributed by atoms with Crippen molar-refractivity contribution in [3.63, 3.8) is 0 Å². The molecule has 1 fully saturated rings. The number of carbonyl (C=O) groups excluding carboxylic acids is 2. The summed E-state index contributed by atoms with van der Waals surface area (Å²) in [4.78, 5) is 23.7. The van der Waals surface area contributed by atoms with Crippen molar-refractivity contribution in [1.82, 2.24) is 25.5 Å². The van der Waals surface area contributed by atoms with E-state index in [1.165, 1.54) is 18.7 Å². The third kappa shape index (κ3) is 8.59. The molecule has 1 aliphatic heterocycles. The topological polar surface area (TPSA) is 138 Å². The maximum absolute atomic E-state index is 12.5. The summed E-state index contributed by atoms with van der Waals surface area (Å²) in [6, 6.07) is 33.4. The standard InChI is InChI=1S/C37H37N5O6S/c1-24(46-25(2)44)35(45)38-21-30-8-6-7-11-33(30)27-16-18-29(19-17-27)36-47-32(20-34(48-36)28-14-12-26(22-43)13-15-28)23-49-37-39-40-41-42(37)31-9-4-3-5-10-31/h3-19,24,32,34,36,43H,20-23H2,1-2H3,(H,38,45). The van der Waals surface area contributed by atoms with Crippen LogP contribution in [0.15, 0.2) is 108 Å². The van der Waals surface area contributed by atoms with Gasteiger partial charge in [-0.25, -0.2) is 0 Å². The van der Waals surface area contributed by atoms with Crippen LogP contribution in [0.3, 0.4) is 0 Å². The van der Waals surface area contributed by atoms with Crippen LogP contribution in [-0.2, 0) is 37.0 Å². The summed E-state index contributed by atoms with van der Waals surface area (Å²) >= 11 is 1.53. The number of aliphatic hydroxyl groups is 1. The third-order valence-electron chi connectivity index (χ3n) is 8.13. The normalized spacial score (nSPS) is 18.1. The quantitative estimate of drug-likeness (QED) is 0.124. The minimum absolute atomic E-state index is 0.0256. The Bertz CT molecular complexity index is 1850. The molecule has 0 saturated carbocycles. The van der Waals surface area contributed by atoms with E-state index in [1.807, 2.05) is 103 Å². The summed E-state index contributed by atoms with van der Waals surface area (Å²) in [7, 11) is 0. The van der Waals surface area contributed by atoms with Gasteiger partial charge in [-0.2, -0.15) is 4.68 Å². The third-order valence-corrected chi connectivity index (χ3v) is 9.18. The summed E-state index contributed by atoms with van der Waals surface area (Å²) in [5.74, 6) is -0.266. The molecule has 0 spiro atoms. The molecular weight excluding hydrogens is 643 g/mol. The van der Waals surface area contributed by atoms with Crippen LogP contribution >= 0.6 is 11.8 Å². The highest BCUT2D eigenvalue weighted by atomic mass is 32.2. The smallest absolute Gasteiger partial charge is 0.303 e. The molecule has 1 aromatic heterocycles. The van der Waals surface area contributed by atoms with Crippen LogP contribution in [0.5, 0.6) is 0 Å². The molecule has 1 amide bonds. The molecule has 5 aromatic rings. The summed E-state index contributed by atoms with van der Waals surface area (Å²) < 4.78 is 19.8. The van der Waals surface area contributed by atoms with Gasteiger partial charge in [-0.3, -0.25) is 9.59 Å². The Hall–Kier alpha value is -4.88. The van der Waals surface area contributed by atoms with Gasteiger partial charge in [0.25, 0.3) is 5.91 Å². The molecule has 4 unspecified atom stereocenters. The first-order valence-electron chi connectivity index (χ1n) is 16.0. The van der Waals surface area contributed by atoms with Crippen LogP contribution < -0.4 is 5.32 Å². The number of carbonyl (C=O) groups is 2. The molecule has 11 nitrogen and oxygen atoms in total. The Morgan fingerprint density at radius 1 is 0.959 bits per heavy atom. The molecule has 252 valence electrons. The van der Waals surface area contributed by atoms with Crippen molar-refractivity contribution in [1.29, 1.82) is 0 Å². The van der Waals surface area contributed by atoms with E-state index in [0.29, 0.717) is 17.3 Å². The van der Waals surface area contributed by atoms with Gasteiger partial charge in [-0.05, 0) is 57.3 Å². The van der Waals surface area contributed by atoms with Crippen LogP contribution in [-0.4, -0.2) is 55.2 Å². The maximum atomic E-state index is 12.5. The summed E-state index contributed by atoms with van der Waals surface area (Å²) in [5.41, 5.74) is 6.44. The molecule has 2 heterocycles. The van der Waals surface area contributed by atoms with Gasteiger partial charge in [0.05, 0.1) is 24.5 Å². The van der Waals surface area contributed by atoms with Gasteiger partial charge in [0.2, 0.25) is 5.16 Å². The number of aromatic nitrogens is 4. The fraction of sp³-hybridized carbons (Fsp3) is 0.270. The summed E-state index contributed by atoms with van der Waals surface area (Å²) in [6.07, 6.45) is -1.29.